The fraction of sp³-hybridized carbons (Fsp3) is 0.250. The summed E-state index contributed by atoms with van der Waals surface area (Å²) >= 11 is 10.8. The third kappa shape index (κ3) is 3.35. The molecule has 1 nitrogen and oxygen atoms in total. The van der Waals surface area contributed by atoms with Crippen LogP contribution in [0.15, 0.2) is 43.7 Å². The molecule has 1 unspecified atom stereocenters. The average Bonchev–Trinajstić information content (AvgIpc) is 2.40. The van der Waals surface area contributed by atoms with Crippen LogP contribution in [0.3, 0.4) is 0 Å². The van der Waals surface area contributed by atoms with Gasteiger partial charge in [-0.1, -0.05) is 53.9 Å². The number of benzene rings is 2. The fourth-order valence-electron chi connectivity index (χ4n) is 2.33. The first-order valence-electron chi connectivity index (χ1n) is 6.33. The van der Waals surface area contributed by atoms with Crippen LogP contribution in [0.5, 0.6) is 0 Å². The van der Waals surface area contributed by atoms with Crippen molar-refractivity contribution in [3.63, 3.8) is 0 Å². The molecule has 20 heavy (non-hydrogen) atoms. The highest BCUT2D eigenvalue weighted by atomic mass is 79.9. The Hall–Kier alpha value is -0.160. The van der Waals surface area contributed by atoms with E-state index in [0.717, 1.165) is 13.4 Å². The van der Waals surface area contributed by atoms with Crippen LogP contribution >= 0.6 is 47.8 Å². The van der Waals surface area contributed by atoms with E-state index in [-0.39, 0.29) is 6.04 Å². The molecular weight excluding hydrogens is 446 g/mol. The first-order valence-corrected chi connectivity index (χ1v) is 8.70. The fourth-order valence-corrected chi connectivity index (χ4v) is 3.64. The van der Waals surface area contributed by atoms with Crippen LogP contribution in [-0.2, 0) is 0 Å². The van der Waals surface area contributed by atoms with Gasteiger partial charge in [0.1, 0.15) is 0 Å². The standard InChI is InChI=1S/C16H16Br3N/c1-9-7-15(19)10(2)6-12(9)16(20-3)13-8-11(17)4-5-14(13)18/h4-8,16,20H,1-3H3. The average molecular weight is 462 g/mol. The lowest BCUT2D eigenvalue weighted by molar-refractivity contribution is 0.683. The lowest BCUT2D eigenvalue weighted by Gasteiger charge is -2.22. The molecule has 0 fully saturated rings. The quantitative estimate of drug-likeness (QED) is 0.600. The molecule has 2 rings (SSSR count). The van der Waals surface area contributed by atoms with Crippen molar-refractivity contribution in [2.45, 2.75) is 19.9 Å². The van der Waals surface area contributed by atoms with Gasteiger partial charge in [0.05, 0.1) is 6.04 Å². The van der Waals surface area contributed by atoms with Crippen molar-refractivity contribution in [3.8, 4) is 0 Å². The molecule has 106 valence electrons. The minimum absolute atomic E-state index is 0.161. The third-order valence-electron chi connectivity index (χ3n) is 3.42. The van der Waals surface area contributed by atoms with Crippen LogP contribution in [0.1, 0.15) is 28.3 Å². The van der Waals surface area contributed by atoms with Gasteiger partial charge in [0, 0.05) is 13.4 Å². The Morgan fingerprint density at radius 1 is 0.850 bits per heavy atom. The smallest absolute Gasteiger partial charge is 0.0588 e. The highest BCUT2D eigenvalue weighted by Crippen LogP contribution is 2.34. The van der Waals surface area contributed by atoms with E-state index in [1.165, 1.54) is 22.3 Å². The van der Waals surface area contributed by atoms with E-state index in [4.69, 9.17) is 0 Å². The number of aryl methyl sites for hydroxylation is 2. The van der Waals surface area contributed by atoms with E-state index in [0.29, 0.717) is 0 Å². The molecule has 2 aromatic carbocycles. The van der Waals surface area contributed by atoms with E-state index in [1.807, 2.05) is 13.1 Å². The maximum absolute atomic E-state index is 3.66. The summed E-state index contributed by atoms with van der Waals surface area (Å²) in [5.74, 6) is 0. The third-order valence-corrected chi connectivity index (χ3v) is 5.49. The van der Waals surface area contributed by atoms with Crippen molar-refractivity contribution in [1.82, 2.24) is 5.32 Å². The van der Waals surface area contributed by atoms with Gasteiger partial charge in [-0.05, 0) is 67.4 Å². The van der Waals surface area contributed by atoms with Gasteiger partial charge in [-0.25, -0.2) is 0 Å². The second-order valence-corrected chi connectivity index (χ2v) is 7.47. The van der Waals surface area contributed by atoms with Crippen molar-refractivity contribution < 1.29 is 0 Å². The second kappa shape index (κ2) is 6.73. The van der Waals surface area contributed by atoms with Crippen LogP contribution in [0.25, 0.3) is 0 Å². The zero-order valence-corrected chi connectivity index (χ0v) is 16.4. The van der Waals surface area contributed by atoms with Crippen LogP contribution in [-0.4, -0.2) is 7.05 Å². The number of hydrogen-bond acceptors (Lipinski definition) is 1. The molecule has 0 aliphatic heterocycles. The molecule has 0 bridgehead atoms. The molecule has 0 saturated carbocycles. The second-order valence-electron chi connectivity index (χ2n) is 4.85. The zero-order valence-electron chi connectivity index (χ0n) is 11.6. The highest BCUT2D eigenvalue weighted by molar-refractivity contribution is 9.11. The van der Waals surface area contributed by atoms with Crippen molar-refractivity contribution in [3.05, 3.63) is 66.0 Å². The van der Waals surface area contributed by atoms with Crippen molar-refractivity contribution >= 4 is 47.8 Å². The van der Waals surface area contributed by atoms with E-state index < -0.39 is 0 Å². The van der Waals surface area contributed by atoms with Crippen molar-refractivity contribution in [1.29, 1.82) is 0 Å². The zero-order chi connectivity index (χ0) is 14.9. The topological polar surface area (TPSA) is 12.0 Å². The molecule has 0 aliphatic rings. The van der Waals surface area contributed by atoms with E-state index in [1.54, 1.807) is 0 Å². The molecule has 0 amide bonds. The van der Waals surface area contributed by atoms with Gasteiger partial charge in [0.15, 0.2) is 0 Å². The first kappa shape index (κ1) is 16.2. The van der Waals surface area contributed by atoms with E-state index in [2.05, 4.69) is 91.2 Å². The summed E-state index contributed by atoms with van der Waals surface area (Å²) in [6.45, 7) is 4.27. The number of halogens is 3. The van der Waals surface area contributed by atoms with Crippen molar-refractivity contribution in [2.24, 2.45) is 0 Å². The molecule has 0 aliphatic carbocycles. The number of nitrogens with one attached hydrogen (secondary N) is 1. The first-order chi connectivity index (χ1) is 9.43. The largest absolute Gasteiger partial charge is 0.309 e. The minimum atomic E-state index is 0.161. The Kier molecular flexibility index (Phi) is 5.46. The summed E-state index contributed by atoms with van der Waals surface area (Å²) in [4.78, 5) is 0. The summed E-state index contributed by atoms with van der Waals surface area (Å²) < 4.78 is 3.35. The summed E-state index contributed by atoms with van der Waals surface area (Å²) in [5.41, 5.74) is 5.05. The SMILES string of the molecule is CNC(c1cc(C)c(Br)cc1C)c1cc(Br)ccc1Br. The van der Waals surface area contributed by atoms with E-state index in [9.17, 15) is 0 Å². The number of hydrogen-bond donors (Lipinski definition) is 1. The van der Waals surface area contributed by atoms with Crippen LogP contribution in [0.4, 0.5) is 0 Å². The molecule has 4 heteroatoms. The Morgan fingerprint density at radius 2 is 1.55 bits per heavy atom. The molecule has 2 aromatic rings. The lowest BCUT2D eigenvalue weighted by Crippen LogP contribution is -2.19. The summed E-state index contributed by atoms with van der Waals surface area (Å²) in [5, 5.41) is 3.42. The minimum Gasteiger partial charge on any atom is -0.309 e. The van der Waals surface area contributed by atoms with Gasteiger partial charge in [-0.3, -0.25) is 0 Å². The summed E-state index contributed by atoms with van der Waals surface area (Å²) in [6, 6.07) is 10.9. The molecule has 0 radical (unpaired) electrons. The maximum Gasteiger partial charge on any atom is 0.0588 e. The van der Waals surface area contributed by atoms with Gasteiger partial charge in [-0.2, -0.15) is 0 Å². The van der Waals surface area contributed by atoms with E-state index >= 15 is 0 Å². The summed E-state index contributed by atoms with van der Waals surface area (Å²) in [7, 11) is 1.99. The predicted molar refractivity (Wildman–Crippen MR) is 96.4 cm³/mol. The molecule has 0 aromatic heterocycles. The molecular formula is C16H16Br3N. The van der Waals surface area contributed by atoms with Crippen LogP contribution in [0, 0.1) is 13.8 Å². The van der Waals surface area contributed by atoms with Crippen molar-refractivity contribution in [2.75, 3.05) is 7.05 Å². The molecule has 0 heterocycles. The summed E-state index contributed by atoms with van der Waals surface area (Å²) in [6.07, 6.45) is 0. The van der Waals surface area contributed by atoms with Gasteiger partial charge < -0.3 is 5.32 Å². The van der Waals surface area contributed by atoms with Crippen LogP contribution < -0.4 is 5.32 Å². The Balaban J connectivity index is 2.58. The van der Waals surface area contributed by atoms with Crippen LogP contribution in [0.2, 0.25) is 0 Å². The maximum atomic E-state index is 3.66. The highest BCUT2D eigenvalue weighted by Gasteiger charge is 2.18. The van der Waals surface area contributed by atoms with Gasteiger partial charge in [-0.15, -0.1) is 0 Å². The lowest BCUT2D eigenvalue weighted by atomic mass is 9.94. The normalized spacial score (nSPS) is 12.5. The molecule has 0 spiro atoms. The number of rotatable bonds is 3. The Bertz CT molecular complexity index is 638. The van der Waals surface area contributed by atoms with Gasteiger partial charge >= 0.3 is 0 Å². The van der Waals surface area contributed by atoms with Gasteiger partial charge in [0.25, 0.3) is 0 Å². The predicted octanol–water partition coefficient (Wildman–Crippen LogP) is 5.90. The molecule has 1 N–H and O–H groups in total. The van der Waals surface area contributed by atoms with Gasteiger partial charge in [0.2, 0.25) is 0 Å². The Labute approximate surface area is 145 Å². The molecule has 0 saturated heterocycles. The molecule has 1 atom stereocenters. The Morgan fingerprint density at radius 3 is 2.20 bits per heavy atom. The monoisotopic (exact) mass is 459 g/mol.